The maximum absolute atomic E-state index is 13.9. The average Bonchev–Trinajstić information content (AvgIpc) is 1.68. The summed E-state index contributed by atoms with van der Waals surface area (Å²) in [5.74, 6) is 0.937. The standard InChI is InChI=1S/C26H31BrClFN4O2.C19H28FN3O.C10H9BrClNO2.C6H5BrClN.C4H5ClO2/c27-21-3-2-19(14-22(21)28)31-25(35)33-9-5-17(6-10-33)24(34)15-32-11-7-26(8-12-32)16-30-23-4-1-18(29)13-20(23)26;20-15-1-2-17-16(11-15)19(13-22-17)5-9-23(10-6-19)12-18(24)14-3-7-21-8-4-14;1-6(2)15-10(14)13-7-3-4-8(11)9(12)5-7;7-5-2-1-4(9)3-6(5)8;1-3(2)7-4(5)6/h1-4,13-14,17,24,30,34H,5-12,15-16H2,(H,31,35);1-2,11,14,18,21-22,24H,3-10,12-13H2;3-5H,1H2,2H3,(H,13,14);1-3H,9H2;1H2,2H3. The molecule has 0 bridgehead atoms. The summed E-state index contributed by atoms with van der Waals surface area (Å²) in [6.45, 7) is 20.1. The number of aliphatic hydroxyl groups excluding tert-OH is 2. The predicted octanol–water partition coefficient (Wildman–Crippen LogP) is 16.0. The number of amides is 3. The number of allylic oxidation sites excluding steroid dienone is 2. The third-order valence-corrected chi connectivity index (χ3v) is 20.7. The minimum Gasteiger partial charge on any atom is -0.420 e. The van der Waals surface area contributed by atoms with Crippen LogP contribution in [0.1, 0.15) is 76.3 Å². The van der Waals surface area contributed by atoms with Crippen molar-refractivity contribution in [2.45, 2.75) is 88.3 Å². The summed E-state index contributed by atoms with van der Waals surface area (Å²) in [4.78, 5) is 40.1. The molecular formula is C65H78Br3Cl4F2N9O7. The summed E-state index contributed by atoms with van der Waals surface area (Å²) >= 11 is 32.2. The Morgan fingerprint density at radius 2 is 1.06 bits per heavy atom. The SMILES string of the molecule is C=C(C)OC(=O)Cl.C=C(C)OC(=O)Nc1ccc(Br)c(Cl)c1.Nc1ccc(Br)c(Cl)c1.O=C(Nc1ccc(Br)c(Cl)c1)N1CCC(C(O)CN2CCC3(CC2)CNc2ccc(F)cc23)CC1.OC(CN1CCC2(CC1)CNc1ccc(F)cc12)C1CCNCC1. The fourth-order valence-electron chi connectivity index (χ4n) is 12.0. The van der Waals surface area contributed by atoms with Crippen molar-refractivity contribution >= 4 is 140 Å². The lowest BCUT2D eigenvalue weighted by Gasteiger charge is -2.41. The van der Waals surface area contributed by atoms with Crippen molar-refractivity contribution in [1.82, 2.24) is 20.0 Å². The number of nitrogen functional groups attached to an aromatic ring is 1. The van der Waals surface area contributed by atoms with Crippen LogP contribution in [0.2, 0.25) is 15.1 Å². The Balaban J connectivity index is 0.000000180. The molecule has 6 aliphatic heterocycles. The van der Waals surface area contributed by atoms with Crippen molar-refractivity contribution in [1.29, 1.82) is 0 Å². The zero-order valence-corrected chi connectivity index (χ0v) is 58.1. The molecule has 3 amide bonds. The highest BCUT2D eigenvalue weighted by molar-refractivity contribution is 9.11. The van der Waals surface area contributed by atoms with E-state index in [9.17, 15) is 33.4 Å². The first-order valence-electron chi connectivity index (χ1n) is 29.7. The molecule has 5 aromatic carbocycles. The molecule has 0 aliphatic carbocycles. The second-order valence-corrected chi connectivity index (χ2v) is 27.5. The van der Waals surface area contributed by atoms with E-state index >= 15 is 0 Å². The smallest absolute Gasteiger partial charge is 0.416 e. The topological polar surface area (TPSA) is 206 Å². The summed E-state index contributed by atoms with van der Waals surface area (Å²) in [5.41, 5.74) is 11.0. The highest BCUT2D eigenvalue weighted by Crippen LogP contribution is 2.46. The molecule has 11 rings (SSSR count). The number of anilines is 5. The van der Waals surface area contributed by atoms with Gasteiger partial charge in [-0.3, -0.25) is 5.32 Å². The highest BCUT2D eigenvalue weighted by Gasteiger charge is 2.44. The van der Waals surface area contributed by atoms with Crippen molar-refractivity contribution in [3.63, 3.8) is 0 Å². The molecule has 6 heterocycles. The number of hydrogen-bond donors (Lipinski definition) is 8. The summed E-state index contributed by atoms with van der Waals surface area (Å²) in [6, 6.07) is 25.7. The minimum absolute atomic E-state index is 0.00332. The van der Waals surface area contributed by atoms with Crippen LogP contribution in [-0.4, -0.2) is 133 Å². The first-order chi connectivity index (χ1) is 42.8. The molecule has 9 N–H and O–H groups in total. The Morgan fingerprint density at radius 3 is 1.46 bits per heavy atom. The molecule has 25 heteroatoms. The van der Waals surface area contributed by atoms with E-state index in [1.54, 1.807) is 67.3 Å². The van der Waals surface area contributed by atoms with Crippen molar-refractivity contribution < 1.29 is 42.9 Å². The maximum atomic E-state index is 13.9. The van der Waals surface area contributed by atoms with E-state index in [0.29, 0.717) is 69.2 Å². The molecule has 0 aromatic heterocycles. The van der Waals surface area contributed by atoms with E-state index in [1.165, 1.54) is 12.1 Å². The zero-order valence-electron chi connectivity index (χ0n) is 50.3. The molecule has 2 unspecified atom stereocenters. The van der Waals surface area contributed by atoms with Gasteiger partial charge in [-0.25, -0.2) is 23.2 Å². The van der Waals surface area contributed by atoms with Gasteiger partial charge in [-0.15, -0.1) is 0 Å². The van der Waals surface area contributed by atoms with Crippen molar-refractivity contribution in [2.75, 3.05) is 106 Å². The Labute approximate surface area is 571 Å². The first-order valence-corrected chi connectivity index (χ1v) is 33.6. The van der Waals surface area contributed by atoms with E-state index in [1.807, 2.05) is 30.3 Å². The van der Waals surface area contributed by atoms with Crippen LogP contribution in [0.3, 0.4) is 0 Å². The summed E-state index contributed by atoms with van der Waals surface area (Å²) in [6.07, 6.45) is 6.51. The molecule has 5 aromatic rings. The Kier molecular flexibility index (Phi) is 27.8. The highest BCUT2D eigenvalue weighted by atomic mass is 79.9. The number of aliphatic hydroxyl groups is 2. The number of nitrogens with one attached hydrogen (secondary N) is 5. The largest absolute Gasteiger partial charge is 0.420 e. The molecule has 90 heavy (non-hydrogen) atoms. The lowest BCUT2D eigenvalue weighted by molar-refractivity contribution is 0.0266. The van der Waals surface area contributed by atoms with Gasteiger partial charge in [0.15, 0.2) is 0 Å². The molecule has 2 spiro atoms. The van der Waals surface area contributed by atoms with Crippen molar-refractivity contribution in [3.05, 3.63) is 167 Å². The van der Waals surface area contributed by atoms with Crippen LogP contribution in [-0.2, 0) is 20.3 Å². The number of fused-ring (bicyclic) bond motifs is 4. The van der Waals surface area contributed by atoms with E-state index in [0.717, 1.165) is 146 Å². The predicted molar refractivity (Wildman–Crippen MR) is 369 cm³/mol. The molecule has 2 atom stereocenters. The lowest BCUT2D eigenvalue weighted by atomic mass is 9.74. The second kappa shape index (κ2) is 34.4. The minimum atomic E-state index is -0.840. The normalized spacial score (nSPS) is 18.1. The molecule has 6 aliphatic rings. The number of rotatable bonds is 10. The number of nitrogens with two attached hydrogens (primary N) is 1. The summed E-state index contributed by atoms with van der Waals surface area (Å²) < 4.78 is 38.9. The number of benzene rings is 5. The third kappa shape index (κ3) is 21.4. The number of nitrogens with zero attached hydrogens (tertiary/aromatic N) is 3. The molecule has 488 valence electrons. The number of hydrogen-bond acceptors (Lipinski definition) is 13. The monoisotopic (exact) mass is 1510 g/mol. The Morgan fingerprint density at radius 1 is 0.633 bits per heavy atom. The average molecular weight is 1520 g/mol. The van der Waals surface area contributed by atoms with Gasteiger partial charge >= 0.3 is 17.6 Å². The lowest BCUT2D eigenvalue weighted by Crippen LogP contribution is -2.49. The van der Waals surface area contributed by atoms with Gasteiger partial charge in [-0.1, -0.05) is 48.0 Å². The van der Waals surface area contributed by atoms with Gasteiger partial charge in [0.25, 0.3) is 0 Å². The third-order valence-electron chi connectivity index (χ3n) is 17.0. The fourth-order valence-corrected chi connectivity index (χ4v) is 13.4. The second-order valence-electron chi connectivity index (χ2n) is 23.4. The van der Waals surface area contributed by atoms with E-state index in [4.69, 9.17) is 56.9 Å². The summed E-state index contributed by atoms with van der Waals surface area (Å²) in [5, 5.41) is 38.9. The van der Waals surface area contributed by atoms with Crippen LogP contribution < -0.4 is 32.3 Å². The summed E-state index contributed by atoms with van der Waals surface area (Å²) in [7, 11) is 0. The van der Waals surface area contributed by atoms with Gasteiger partial charge in [-0.2, -0.15) is 0 Å². The number of piperidine rings is 4. The van der Waals surface area contributed by atoms with Gasteiger partial charge in [0, 0.05) is 104 Å². The Hall–Kier alpha value is -4.75. The van der Waals surface area contributed by atoms with Crippen LogP contribution in [0.4, 0.5) is 51.6 Å². The van der Waals surface area contributed by atoms with Crippen molar-refractivity contribution in [3.8, 4) is 0 Å². The molecule has 4 fully saturated rings. The number of ether oxygens (including phenoxy) is 2. The fraction of sp³-hybridized carbons (Fsp3) is 0.431. The number of β-amino-alcohol motifs (C(OH)–C–C–N with tert-alkyl or cyclic N) is 2. The van der Waals surface area contributed by atoms with Crippen molar-refractivity contribution in [2.24, 2.45) is 11.8 Å². The number of carbonyl (C=O) groups excluding carboxylic acids is 3. The van der Waals surface area contributed by atoms with Crippen LogP contribution in [0.5, 0.6) is 0 Å². The molecule has 0 radical (unpaired) electrons. The van der Waals surface area contributed by atoms with E-state index in [2.05, 4.69) is 102 Å². The molecule has 4 saturated heterocycles. The first kappa shape index (κ1) is 72.7. The Bertz CT molecular complexity index is 3280. The maximum Gasteiger partial charge on any atom is 0.416 e. The van der Waals surface area contributed by atoms with Gasteiger partial charge in [0.2, 0.25) is 0 Å². The number of urea groups is 1. The van der Waals surface area contributed by atoms with Crippen LogP contribution in [0.25, 0.3) is 0 Å². The molecule has 0 saturated carbocycles. The van der Waals surface area contributed by atoms with Gasteiger partial charge < -0.3 is 61.4 Å². The van der Waals surface area contributed by atoms with E-state index < -0.39 is 17.6 Å². The quantitative estimate of drug-likeness (QED) is 0.0373. The molecular weight excluding hydrogens is 1440 g/mol. The van der Waals surface area contributed by atoms with Gasteiger partial charge in [0.05, 0.1) is 38.8 Å². The number of halogens is 9. The molecule has 16 nitrogen and oxygen atoms in total. The number of likely N-dealkylation sites (tertiary alicyclic amines) is 3. The van der Waals surface area contributed by atoms with Crippen LogP contribution >= 0.6 is 94.2 Å². The van der Waals surface area contributed by atoms with Gasteiger partial charge in [0.1, 0.15) is 11.6 Å². The zero-order chi connectivity index (χ0) is 65.3. The van der Waals surface area contributed by atoms with E-state index in [-0.39, 0.29) is 40.5 Å². The van der Waals surface area contributed by atoms with Crippen LogP contribution in [0.15, 0.2) is 129 Å². The van der Waals surface area contributed by atoms with Gasteiger partial charge in [-0.05, 0) is 266 Å². The van der Waals surface area contributed by atoms with Crippen LogP contribution in [0, 0.1) is 23.5 Å². The number of carbonyl (C=O) groups is 3.